The van der Waals surface area contributed by atoms with Gasteiger partial charge < -0.3 is 14.8 Å². The highest BCUT2D eigenvalue weighted by molar-refractivity contribution is 5.93. The van der Waals surface area contributed by atoms with Crippen LogP contribution in [0.25, 0.3) is 0 Å². The average molecular weight is 239 g/mol. The van der Waals surface area contributed by atoms with Crippen LogP contribution >= 0.6 is 0 Å². The van der Waals surface area contributed by atoms with Crippen LogP contribution in [0.3, 0.4) is 0 Å². The molecular formula is C10H15N4O3+. The molecule has 2 heterocycles. The van der Waals surface area contributed by atoms with Crippen LogP contribution in [0.2, 0.25) is 0 Å². The van der Waals surface area contributed by atoms with Gasteiger partial charge in [-0.2, -0.15) is 0 Å². The number of carbonyl (C=O) groups excluding carboxylic acids is 1. The van der Waals surface area contributed by atoms with E-state index in [0.29, 0.717) is 18.8 Å². The molecule has 1 saturated heterocycles. The van der Waals surface area contributed by atoms with Gasteiger partial charge in [-0.25, -0.2) is 0 Å². The molecule has 1 amide bonds. The molecule has 1 aliphatic heterocycles. The van der Waals surface area contributed by atoms with E-state index >= 15 is 0 Å². The lowest BCUT2D eigenvalue weighted by Gasteiger charge is -2.25. The fraction of sp³-hybridized carbons (Fsp3) is 0.500. The number of aromatic nitrogens is 1. The second kappa shape index (κ2) is 4.54. The maximum absolute atomic E-state index is 12.1. The molecule has 92 valence electrons. The molecule has 7 heteroatoms. The summed E-state index contributed by atoms with van der Waals surface area (Å²) in [6, 6.07) is 1.33. The first kappa shape index (κ1) is 11.6. The zero-order valence-corrected chi connectivity index (χ0v) is 9.63. The Kier molecular flexibility index (Phi) is 3.10. The van der Waals surface area contributed by atoms with Crippen LogP contribution in [0.15, 0.2) is 12.3 Å². The predicted molar refractivity (Wildman–Crippen MR) is 59.6 cm³/mol. The molecular weight excluding hydrogens is 224 g/mol. The summed E-state index contributed by atoms with van der Waals surface area (Å²) >= 11 is 0. The van der Waals surface area contributed by atoms with E-state index in [0.717, 1.165) is 13.1 Å². The molecule has 0 atom stereocenters. The van der Waals surface area contributed by atoms with E-state index in [-0.39, 0.29) is 11.6 Å². The van der Waals surface area contributed by atoms with Gasteiger partial charge in [0.2, 0.25) is 0 Å². The van der Waals surface area contributed by atoms with Crippen LogP contribution in [0.1, 0.15) is 10.5 Å². The van der Waals surface area contributed by atoms with Crippen molar-refractivity contribution in [1.82, 2.24) is 9.47 Å². The largest absolute Gasteiger partial charge is 0.343 e. The number of nitrogens with two attached hydrogens (primary N) is 1. The topological polar surface area (TPSA) is 85.0 Å². The van der Waals surface area contributed by atoms with E-state index in [2.05, 4.69) is 5.32 Å². The number of hydrogen-bond acceptors (Lipinski definition) is 3. The lowest BCUT2D eigenvalue weighted by molar-refractivity contribution is -0.661. The Morgan fingerprint density at radius 1 is 1.47 bits per heavy atom. The number of quaternary nitrogens is 1. The molecule has 1 fully saturated rings. The minimum atomic E-state index is -0.485. The molecule has 0 saturated carbocycles. The first-order valence-electron chi connectivity index (χ1n) is 5.51. The Balaban J connectivity index is 2.20. The monoisotopic (exact) mass is 239 g/mol. The summed E-state index contributed by atoms with van der Waals surface area (Å²) < 4.78 is 1.51. The maximum Gasteiger partial charge on any atom is 0.287 e. The lowest BCUT2D eigenvalue weighted by atomic mass is 10.3. The zero-order valence-electron chi connectivity index (χ0n) is 9.63. The molecule has 0 aromatic carbocycles. The van der Waals surface area contributed by atoms with E-state index in [1.807, 2.05) is 0 Å². The number of nitro groups is 1. The summed E-state index contributed by atoms with van der Waals surface area (Å²) in [5.74, 6) is -0.131. The zero-order chi connectivity index (χ0) is 12.4. The summed E-state index contributed by atoms with van der Waals surface area (Å²) in [5.41, 5.74) is 0.332. The van der Waals surface area contributed by atoms with Crippen LogP contribution < -0.4 is 5.32 Å². The number of carbonyl (C=O) groups is 1. The van der Waals surface area contributed by atoms with E-state index in [1.165, 1.54) is 16.8 Å². The van der Waals surface area contributed by atoms with Crippen molar-refractivity contribution in [3.63, 3.8) is 0 Å². The molecule has 0 radical (unpaired) electrons. The quantitative estimate of drug-likeness (QED) is 0.528. The fourth-order valence-electron chi connectivity index (χ4n) is 1.98. The summed E-state index contributed by atoms with van der Waals surface area (Å²) in [4.78, 5) is 24.0. The third-order valence-electron chi connectivity index (χ3n) is 2.91. The number of rotatable bonds is 2. The Labute approximate surface area is 98.2 Å². The van der Waals surface area contributed by atoms with Gasteiger partial charge in [-0.3, -0.25) is 14.9 Å². The molecule has 2 rings (SSSR count). The van der Waals surface area contributed by atoms with Gasteiger partial charge in [-0.05, 0) is 0 Å². The molecule has 0 unspecified atom stereocenters. The van der Waals surface area contributed by atoms with Crippen molar-refractivity contribution in [2.45, 2.75) is 0 Å². The minimum Gasteiger partial charge on any atom is -0.343 e. The van der Waals surface area contributed by atoms with Crippen LogP contribution in [0, 0.1) is 10.1 Å². The van der Waals surface area contributed by atoms with E-state index in [4.69, 9.17) is 0 Å². The Hall–Kier alpha value is -1.89. The van der Waals surface area contributed by atoms with Gasteiger partial charge in [0.15, 0.2) is 0 Å². The highest BCUT2D eigenvalue weighted by Gasteiger charge is 2.24. The summed E-state index contributed by atoms with van der Waals surface area (Å²) in [5, 5.41) is 12.8. The highest BCUT2D eigenvalue weighted by atomic mass is 16.6. The Morgan fingerprint density at radius 3 is 2.65 bits per heavy atom. The van der Waals surface area contributed by atoms with Gasteiger partial charge in [-0.1, -0.05) is 0 Å². The predicted octanol–water partition coefficient (Wildman–Crippen LogP) is -1.05. The van der Waals surface area contributed by atoms with Gasteiger partial charge in [0.25, 0.3) is 11.6 Å². The molecule has 1 aliphatic rings. The Morgan fingerprint density at radius 2 is 2.12 bits per heavy atom. The van der Waals surface area contributed by atoms with Crippen molar-refractivity contribution in [1.29, 1.82) is 0 Å². The number of aryl methyl sites for hydroxylation is 1. The second-order valence-corrected chi connectivity index (χ2v) is 4.11. The van der Waals surface area contributed by atoms with Crippen LogP contribution in [0.4, 0.5) is 5.69 Å². The van der Waals surface area contributed by atoms with Crippen LogP contribution in [-0.2, 0) is 7.05 Å². The third kappa shape index (κ3) is 2.28. The Bertz CT molecular complexity index is 448. The van der Waals surface area contributed by atoms with E-state index in [9.17, 15) is 14.9 Å². The van der Waals surface area contributed by atoms with Gasteiger partial charge in [-0.15, -0.1) is 0 Å². The summed E-state index contributed by atoms with van der Waals surface area (Å²) in [6.45, 7) is 3.16. The van der Waals surface area contributed by atoms with E-state index in [1.54, 1.807) is 11.9 Å². The van der Waals surface area contributed by atoms with Gasteiger partial charge in [0.05, 0.1) is 37.3 Å². The van der Waals surface area contributed by atoms with Crippen molar-refractivity contribution in [2.75, 3.05) is 26.2 Å². The first-order valence-corrected chi connectivity index (χ1v) is 5.51. The number of nitrogens with zero attached hydrogens (tertiary/aromatic N) is 3. The fourth-order valence-corrected chi connectivity index (χ4v) is 1.98. The number of hydrogen-bond donors (Lipinski definition) is 1. The number of piperazine rings is 1. The molecule has 1 aromatic heterocycles. The van der Waals surface area contributed by atoms with Crippen LogP contribution in [0.5, 0.6) is 0 Å². The molecule has 0 spiro atoms. The van der Waals surface area contributed by atoms with Crippen molar-refractivity contribution in [2.24, 2.45) is 7.05 Å². The molecule has 0 aliphatic carbocycles. The van der Waals surface area contributed by atoms with Crippen molar-refractivity contribution >= 4 is 11.6 Å². The van der Waals surface area contributed by atoms with Gasteiger partial charge >= 0.3 is 0 Å². The molecule has 7 nitrogen and oxygen atoms in total. The van der Waals surface area contributed by atoms with Crippen molar-refractivity contribution < 1.29 is 15.0 Å². The van der Waals surface area contributed by atoms with Crippen LogP contribution in [-0.4, -0.2) is 46.5 Å². The van der Waals surface area contributed by atoms with Crippen molar-refractivity contribution in [3.8, 4) is 0 Å². The van der Waals surface area contributed by atoms with E-state index < -0.39 is 4.92 Å². The standard InChI is InChI=1S/C10H14N4O3/c1-12-7-8(14(16)17)6-9(12)10(15)13-4-2-11-3-5-13/h6-7,11H,2-5H2,1H3/p+1. The first-order chi connectivity index (χ1) is 8.09. The SMILES string of the molecule is Cn1cc([N+](=O)[O-])cc1C(=O)N1CC[NH2+]CC1. The smallest absolute Gasteiger partial charge is 0.287 e. The van der Waals surface area contributed by atoms with Gasteiger partial charge in [0, 0.05) is 13.1 Å². The number of amides is 1. The minimum absolute atomic E-state index is 0.0422. The molecule has 0 bridgehead atoms. The average Bonchev–Trinajstić information content (AvgIpc) is 2.72. The lowest BCUT2D eigenvalue weighted by Crippen LogP contribution is -2.89. The maximum atomic E-state index is 12.1. The third-order valence-corrected chi connectivity index (χ3v) is 2.91. The molecule has 2 N–H and O–H groups in total. The summed E-state index contributed by atoms with van der Waals surface area (Å²) in [6.07, 6.45) is 1.36. The van der Waals surface area contributed by atoms with Gasteiger partial charge in [0.1, 0.15) is 5.69 Å². The van der Waals surface area contributed by atoms with Crippen molar-refractivity contribution in [3.05, 3.63) is 28.1 Å². The molecule has 1 aromatic rings. The molecule has 17 heavy (non-hydrogen) atoms. The summed E-state index contributed by atoms with van der Waals surface area (Å²) in [7, 11) is 1.65. The second-order valence-electron chi connectivity index (χ2n) is 4.11. The normalized spacial score (nSPS) is 15.9. The highest BCUT2D eigenvalue weighted by Crippen LogP contribution is 2.16.